The zero-order valence-corrected chi connectivity index (χ0v) is 17.7. The summed E-state index contributed by atoms with van der Waals surface area (Å²) in [5.74, 6) is 0.274. The largest absolute Gasteiger partial charge is 0.389 e. The Morgan fingerprint density at radius 2 is 1.59 bits per heavy atom. The van der Waals surface area contributed by atoms with E-state index in [-0.39, 0.29) is 5.92 Å². The fourth-order valence-electron chi connectivity index (χ4n) is 3.14. The van der Waals surface area contributed by atoms with Crippen molar-refractivity contribution >= 4 is 6.08 Å². The normalized spacial score (nSPS) is 18.4. The van der Waals surface area contributed by atoms with Gasteiger partial charge in [-0.3, -0.25) is 0 Å². The van der Waals surface area contributed by atoms with E-state index in [1.54, 1.807) is 0 Å². The first-order chi connectivity index (χ1) is 12.7. The number of hydrogen-bond acceptors (Lipinski definition) is 2. The minimum atomic E-state index is -0.553. The smallest absolute Gasteiger partial charge is 0.0810 e. The van der Waals surface area contributed by atoms with Crippen LogP contribution in [0.3, 0.4) is 0 Å². The van der Waals surface area contributed by atoms with Crippen LogP contribution in [0.4, 0.5) is 0 Å². The highest BCUT2D eigenvalue weighted by Gasteiger charge is 2.15. The molecule has 0 aliphatic heterocycles. The molecule has 0 fully saturated rings. The lowest BCUT2D eigenvalue weighted by molar-refractivity contribution is 0.169. The van der Waals surface area contributed by atoms with E-state index >= 15 is 0 Å². The molecule has 2 heteroatoms. The Balaban J connectivity index is 2.75. The SMILES string of the molecule is CCC(O)/C(C)=C/C(C)C(O)/C(C)=C/C(C)=C/C(C)/C=C/c1ccccc1. The maximum absolute atomic E-state index is 10.6. The lowest BCUT2D eigenvalue weighted by Gasteiger charge is -2.19. The first-order valence-corrected chi connectivity index (χ1v) is 9.88. The van der Waals surface area contributed by atoms with Crippen LogP contribution in [0.15, 0.2) is 71.4 Å². The quantitative estimate of drug-likeness (QED) is 0.418. The number of aliphatic hydroxyl groups excluding tert-OH is 2. The summed E-state index contributed by atoms with van der Waals surface area (Å²) in [7, 11) is 0. The topological polar surface area (TPSA) is 40.5 Å². The van der Waals surface area contributed by atoms with Gasteiger partial charge in [0.15, 0.2) is 0 Å². The maximum Gasteiger partial charge on any atom is 0.0810 e. The molecule has 1 aromatic rings. The lowest BCUT2D eigenvalue weighted by atomic mass is 9.93. The van der Waals surface area contributed by atoms with Crippen molar-refractivity contribution in [2.45, 2.75) is 60.2 Å². The van der Waals surface area contributed by atoms with Crippen LogP contribution >= 0.6 is 0 Å². The molecule has 2 N–H and O–H groups in total. The highest BCUT2D eigenvalue weighted by Crippen LogP contribution is 2.19. The van der Waals surface area contributed by atoms with Gasteiger partial charge in [-0.05, 0) is 49.8 Å². The van der Waals surface area contributed by atoms with Gasteiger partial charge in [-0.25, -0.2) is 0 Å². The minimum absolute atomic E-state index is 0.0364. The van der Waals surface area contributed by atoms with Crippen LogP contribution in [0.25, 0.3) is 6.08 Å². The van der Waals surface area contributed by atoms with Crippen LogP contribution in [-0.4, -0.2) is 22.4 Å². The second-order valence-corrected chi connectivity index (χ2v) is 7.57. The van der Waals surface area contributed by atoms with Gasteiger partial charge in [-0.1, -0.05) is 87.1 Å². The molecule has 0 spiro atoms. The summed E-state index contributed by atoms with van der Waals surface area (Å²) < 4.78 is 0. The van der Waals surface area contributed by atoms with E-state index in [1.807, 2.05) is 58.0 Å². The van der Waals surface area contributed by atoms with E-state index in [2.05, 4.69) is 44.2 Å². The maximum atomic E-state index is 10.6. The van der Waals surface area contributed by atoms with Crippen molar-refractivity contribution in [3.8, 4) is 0 Å². The van der Waals surface area contributed by atoms with Crippen molar-refractivity contribution in [3.63, 3.8) is 0 Å². The molecule has 0 bridgehead atoms. The predicted molar refractivity (Wildman–Crippen MR) is 117 cm³/mol. The van der Waals surface area contributed by atoms with Crippen LogP contribution < -0.4 is 0 Å². The van der Waals surface area contributed by atoms with Crippen molar-refractivity contribution in [1.29, 1.82) is 0 Å². The van der Waals surface area contributed by atoms with E-state index in [4.69, 9.17) is 0 Å². The Hall–Kier alpha value is -1.90. The van der Waals surface area contributed by atoms with Crippen LogP contribution in [0.1, 0.15) is 53.5 Å². The summed E-state index contributed by atoms with van der Waals surface area (Å²) in [5, 5.41) is 20.5. The van der Waals surface area contributed by atoms with Gasteiger partial charge in [0, 0.05) is 5.92 Å². The van der Waals surface area contributed by atoms with E-state index in [1.165, 1.54) is 5.56 Å². The van der Waals surface area contributed by atoms with E-state index in [0.29, 0.717) is 12.3 Å². The summed E-state index contributed by atoms with van der Waals surface area (Å²) in [5.41, 5.74) is 4.19. The molecule has 2 nitrogen and oxygen atoms in total. The zero-order chi connectivity index (χ0) is 20.4. The average Bonchev–Trinajstić information content (AvgIpc) is 2.65. The van der Waals surface area contributed by atoms with Crippen molar-refractivity contribution in [2.24, 2.45) is 11.8 Å². The van der Waals surface area contributed by atoms with Gasteiger partial charge in [-0.2, -0.15) is 0 Å². The van der Waals surface area contributed by atoms with E-state index in [9.17, 15) is 10.2 Å². The summed E-state index contributed by atoms with van der Waals surface area (Å²) in [6.07, 6.45) is 10.2. The van der Waals surface area contributed by atoms with Crippen LogP contribution in [0.2, 0.25) is 0 Å². The Morgan fingerprint density at radius 1 is 0.963 bits per heavy atom. The Bertz CT molecular complexity index is 680. The van der Waals surface area contributed by atoms with Gasteiger partial charge >= 0.3 is 0 Å². The number of aliphatic hydroxyl groups is 2. The zero-order valence-electron chi connectivity index (χ0n) is 17.7. The molecule has 0 aliphatic rings. The van der Waals surface area contributed by atoms with Crippen LogP contribution in [0.5, 0.6) is 0 Å². The molecular weight excluding hydrogens is 332 g/mol. The van der Waals surface area contributed by atoms with Gasteiger partial charge in [0.25, 0.3) is 0 Å². The van der Waals surface area contributed by atoms with E-state index < -0.39 is 12.2 Å². The fourth-order valence-corrected chi connectivity index (χ4v) is 3.14. The molecule has 27 heavy (non-hydrogen) atoms. The Labute approximate surface area is 165 Å². The summed E-state index contributed by atoms with van der Waals surface area (Å²) in [6.45, 7) is 12.0. The van der Waals surface area contributed by atoms with Gasteiger partial charge < -0.3 is 10.2 Å². The molecule has 1 rings (SSSR count). The number of allylic oxidation sites excluding steroid dienone is 4. The van der Waals surface area contributed by atoms with Crippen molar-refractivity contribution in [1.82, 2.24) is 0 Å². The first-order valence-electron chi connectivity index (χ1n) is 9.88. The molecule has 0 aliphatic carbocycles. The van der Waals surface area contributed by atoms with Crippen molar-refractivity contribution in [2.75, 3.05) is 0 Å². The first kappa shape index (κ1) is 23.1. The molecular formula is C25H36O2. The lowest BCUT2D eigenvalue weighted by Crippen LogP contribution is -2.19. The molecule has 0 saturated carbocycles. The molecule has 4 atom stereocenters. The standard InChI is InChI=1S/C25H36O2/c1-7-24(26)20(4)17-22(6)25(27)21(5)16-19(3)15-18(2)13-14-23-11-9-8-10-12-23/h8-18,22,24-27H,7H2,1-6H3/b14-13+,19-15+,20-17+,21-16+. The number of hydrogen-bond donors (Lipinski definition) is 2. The molecule has 0 aromatic heterocycles. The van der Waals surface area contributed by atoms with Gasteiger partial charge in [-0.15, -0.1) is 0 Å². The highest BCUT2D eigenvalue weighted by molar-refractivity contribution is 5.49. The third-order valence-corrected chi connectivity index (χ3v) is 4.78. The molecule has 1 aromatic carbocycles. The number of benzene rings is 1. The number of rotatable bonds is 9. The monoisotopic (exact) mass is 368 g/mol. The van der Waals surface area contributed by atoms with E-state index in [0.717, 1.165) is 16.7 Å². The van der Waals surface area contributed by atoms with Crippen molar-refractivity contribution < 1.29 is 10.2 Å². The van der Waals surface area contributed by atoms with Gasteiger partial charge in [0.1, 0.15) is 0 Å². The molecule has 4 unspecified atom stereocenters. The van der Waals surface area contributed by atoms with Crippen LogP contribution in [-0.2, 0) is 0 Å². The third-order valence-electron chi connectivity index (χ3n) is 4.78. The average molecular weight is 369 g/mol. The molecule has 0 saturated heterocycles. The van der Waals surface area contributed by atoms with Crippen molar-refractivity contribution in [3.05, 3.63) is 76.9 Å². The fraction of sp³-hybridized carbons (Fsp3) is 0.440. The third kappa shape index (κ3) is 8.55. The van der Waals surface area contributed by atoms with Gasteiger partial charge in [0.05, 0.1) is 12.2 Å². The second-order valence-electron chi connectivity index (χ2n) is 7.57. The van der Waals surface area contributed by atoms with Gasteiger partial charge in [0.2, 0.25) is 0 Å². The highest BCUT2D eigenvalue weighted by atomic mass is 16.3. The second kappa shape index (κ2) is 11.7. The Morgan fingerprint density at radius 3 is 2.19 bits per heavy atom. The summed E-state index contributed by atoms with van der Waals surface area (Å²) in [4.78, 5) is 0. The minimum Gasteiger partial charge on any atom is -0.389 e. The molecule has 0 amide bonds. The molecule has 0 heterocycles. The molecule has 148 valence electrons. The molecule has 0 radical (unpaired) electrons. The summed E-state index contributed by atoms with van der Waals surface area (Å²) >= 11 is 0. The summed E-state index contributed by atoms with van der Waals surface area (Å²) in [6, 6.07) is 10.3. The predicted octanol–water partition coefficient (Wildman–Crippen LogP) is 5.94. The van der Waals surface area contributed by atoms with Crippen LogP contribution in [0, 0.1) is 11.8 Å². The Kier molecular flexibility index (Phi) is 10.1.